The van der Waals surface area contributed by atoms with Crippen LogP contribution in [-0.2, 0) is 0 Å². The van der Waals surface area contributed by atoms with Crippen LogP contribution in [0.5, 0.6) is 5.75 Å². The monoisotopic (exact) mass is 334 g/mol. The summed E-state index contributed by atoms with van der Waals surface area (Å²) in [5.74, 6) is 6.61. The molecular weight excluding hydrogens is 316 g/mol. The van der Waals surface area contributed by atoms with Gasteiger partial charge in [0.1, 0.15) is 5.75 Å². The van der Waals surface area contributed by atoms with E-state index in [-0.39, 0.29) is 6.04 Å². The van der Waals surface area contributed by atoms with E-state index >= 15 is 0 Å². The second kappa shape index (κ2) is 6.39. The molecular formula is C16H19BrN2O. The minimum absolute atomic E-state index is 0.0991. The first kappa shape index (κ1) is 15.0. The van der Waals surface area contributed by atoms with E-state index in [1.807, 2.05) is 24.3 Å². The van der Waals surface area contributed by atoms with Crippen LogP contribution < -0.4 is 16.0 Å². The molecule has 0 aromatic heterocycles. The van der Waals surface area contributed by atoms with E-state index in [0.29, 0.717) is 0 Å². The first-order chi connectivity index (χ1) is 9.58. The molecule has 20 heavy (non-hydrogen) atoms. The predicted molar refractivity (Wildman–Crippen MR) is 85.8 cm³/mol. The van der Waals surface area contributed by atoms with Crippen LogP contribution >= 0.6 is 15.9 Å². The van der Waals surface area contributed by atoms with E-state index in [2.05, 4.69) is 47.3 Å². The number of hydrogen-bond acceptors (Lipinski definition) is 3. The van der Waals surface area contributed by atoms with Gasteiger partial charge in [-0.1, -0.05) is 40.2 Å². The Bertz CT molecular complexity index is 613. The molecule has 0 saturated heterocycles. The van der Waals surface area contributed by atoms with Crippen molar-refractivity contribution in [1.29, 1.82) is 0 Å². The summed E-state index contributed by atoms with van der Waals surface area (Å²) in [4.78, 5) is 0. The lowest BCUT2D eigenvalue weighted by Gasteiger charge is -2.22. The molecule has 0 amide bonds. The highest BCUT2D eigenvalue weighted by Crippen LogP contribution is 2.33. The SMILES string of the molecule is COc1cc(Br)ccc1C(NN)c1cccc(C)c1C. The fourth-order valence-corrected chi connectivity index (χ4v) is 2.70. The summed E-state index contributed by atoms with van der Waals surface area (Å²) >= 11 is 3.46. The van der Waals surface area contributed by atoms with Crippen molar-refractivity contribution in [1.82, 2.24) is 5.43 Å². The molecule has 2 aromatic rings. The highest BCUT2D eigenvalue weighted by Gasteiger charge is 2.19. The maximum Gasteiger partial charge on any atom is 0.125 e. The van der Waals surface area contributed by atoms with Crippen molar-refractivity contribution in [2.24, 2.45) is 5.84 Å². The molecule has 0 spiro atoms. The number of aryl methyl sites for hydroxylation is 1. The normalized spacial score (nSPS) is 12.2. The second-order valence-electron chi connectivity index (χ2n) is 4.78. The van der Waals surface area contributed by atoms with Crippen molar-refractivity contribution >= 4 is 15.9 Å². The summed E-state index contributed by atoms with van der Waals surface area (Å²) in [6.07, 6.45) is 0. The molecule has 0 aliphatic carbocycles. The van der Waals surface area contributed by atoms with E-state index in [0.717, 1.165) is 21.3 Å². The maximum absolute atomic E-state index is 5.80. The average molecular weight is 335 g/mol. The first-order valence-electron chi connectivity index (χ1n) is 6.44. The standard InChI is InChI=1S/C16H19BrN2O/c1-10-5-4-6-13(11(10)2)16(19-18)14-8-7-12(17)9-15(14)20-3/h4-9,16,19H,18H2,1-3H3. The number of ether oxygens (including phenoxy) is 1. The van der Waals surface area contributed by atoms with Crippen molar-refractivity contribution in [3.8, 4) is 5.75 Å². The van der Waals surface area contributed by atoms with Gasteiger partial charge in [0.2, 0.25) is 0 Å². The van der Waals surface area contributed by atoms with Gasteiger partial charge >= 0.3 is 0 Å². The minimum Gasteiger partial charge on any atom is -0.496 e. The first-order valence-corrected chi connectivity index (χ1v) is 7.23. The van der Waals surface area contributed by atoms with Crippen molar-refractivity contribution in [2.45, 2.75) is 19.9 Å². The molecule has 0 heterocycles. The molecule has 0 aliphatic heterocycles. The molecule has 2 aromatic carbocycles. The van der Waals surface area contributed by atoms with Gasteiger partial charge in [0.25, 0.3) is 0 Å². The quantitative estimate of drug-likeness (QED) is 0.663. The number of hydrogen-bond donors (Lipinski definition) is 2. The number of hydrazine groups is 1. The summed E-state index contributed by atoms with van der Waals surface area (Å²) in [6, 6.07) is 12.1. The average Bonchev–Trinajstić information content (AvgIpc) is 2.45. The lowest BCUT2D eigenvalue weighted by molar-refractivity contribution is 0.404. The smallest absolute Gasteiger partial charge is 0.125 e. The number of halogens is 1. The third kappa shape index (κ3) is 2.87. The minimum atomic E-state index is -0.0991. The largest absolute Gasteiger partial charge is 0.496 e. The Morgan fingerprint density at radius 2 is 1.90 bits per heavy atom. The molecule has 0 saturated carbocycles. The van der Waals surface area contributed by atoms with E-state index < -0.39 is 0 Å². The number of benzene rings is 2. The zero-order valence-corrected chi connectivity index (χ0v) is 13.5. The van der Waals surface area contributed by atoms with Gasteiger partial charge in [-0.15, -0.1) is 0 Å². The van der Waals surface area contributed by atoms with Gasteiger partial charge in [-0.25, -0.2) is 5.43 Å². The molecule has 0 aliphatic rings. The summed E-state index contributed by atoms with van der Waals surface area (Å²) in [5.41, 5.74) is 7.57. The van der Waals surface area contributed by atoms with Gasteiger partial charge in [-0.2, -0.15) is 0 Å². The molecule has 4 heteroatoms. The van der Waals surface area contributed by atoms with Crippen LogP contribution in [0.2, 0.25) is 0 Å². The van der Waals surface area contributed by atoms with Gasteiger partial charge in [-0.05, 0) is 42.7 Å². The van der Waals surface area contributed by atoms with Gasteiger partial charge in [0.05, 0.1) is 13.2 Å². The number of rotatable bonds is 4. The molecule has 0 bridgehead atoms. The predicted octanol–water partition coefficient (Wildman–Crippen LogP) is 3.63. The van der Waals surface area contributed by atoms with Gasteiger partial charge in [0.15, 0.2) is 0 Å². The summed E-state index contributed by atoms with van der Waals surface area (Å²) in [7, 11) is 1.67. The molecule has 106 valence electrons. The van der Waals surface area contributed by atoms with E-state index in [9.17, 15) is 0 Å². The van der Waals surface area contributed by atoms with Crippen LogP contribution in [0.15, 0.2) is 40.9 Å². The Morgan fingerprint density at radius 1 is 1.15 bits per heavy atom. The summed E-state index contributed by atoms with van der Waals surface area (Å²) in [6.45, 7) is 4.21. The molecule has 0 fully saturated rings. The molecule has 3 nitrogen and oxygen atoms in total. The van der Waals surface area contributed by atoms with E-state index in [1.165, 1.54) is 11.1 Å². The Morgan fingerprint density at radius 3 is 2.55 bits per heavy atom. The third-order valence-electron chi connectivity index (χ3n) is 3.63. The lowest BCUT2D eigenvalue weighted by atomic mass is 9.92. The van der Waals surface area contributed by atoms with Crippen LogP contribution in [0.4, 0.5) is 0 Å². The Balaban J connectivity index is 2.55. The highest BCUT2D eigenvalue weighted by molar-refractivity contribution is 9.10. The van der Waals surface area contributed by atoms with E-state index in [4.69, 9.17) is 10.6 Å². The Hall–Kier alpha value is -1.36. The number of methoxy groups -OCH3 is 1. The Kier molecular flexibility index (Phi) is 4.81. The van der Waals surface area contributed by atoms with Crippen LogP contribution in [0.3, 0.4) is 0 Å². The van der Waals surface area contributed by atoms with Crippen molar-refractivity contribution in [3.63, 3.8) is 0 Å². The summed E-state index contributed by atoms with van der Waals surface area (Å²) in [5, 5.41) is 0. The van der Waals surface area contributed by atoms with Crippen LogP contribution in [0, 0.1) is 13.8 Å². The second-order valence-corrected chi connectivity index (χ2v) is 5.69. The maximum atomic E-state index is 5.80. The zero-order valence-electron chi connectivity index (χ0n) is 11.9. The number of nitrogens with one attached hydrogen (secondary N) is 1. The fourth-order valence-electron chi connectivity index (χ4n) is 2.36. The molecule has 2 rings (SSSR count). The molecule has 0 radical (unpaired) electrons. The lowest BCUT2D eigenvalue weighted by Crippen LogP contribution is -2.29. The molecule has 3 N–H and O–H groups in total. The highest BCUT2D eigenvalue weighted by atomic mass is 79.9. The summed E-state index contributed by atoms with van der Waals surface area (Å²) < 4.78 is 6.46. The fraction of sp³-hybridized carbons (Fsp3) is 0.250. The van der Waals surface area contributed by atoms with Gasteiger partial charge < -0.3 is 4.74 Å². The van der Waals surface area contributed by atoms with Crippen molar-refractivity contribution < 1.29 is 4.74 Å². The molecule has 1 unspecified atom stereocenters. The number of nitrogens with two attached hydrogens (primary N) is 1. The van der Waals surface area contributed by atoms with Gasteiger partial charge in [0, 0.05) is 10.0 Å². The van der Waals surface area contributed by atoms with Crippen LogP contribution in [0.1, 0.15) is 28.3 Å². The van der Waals surface area contributed by atoms with Crippen molar-refractivity contribution in [3.05, 3.63) is 63.1 Å². The topological polar surface area (TPSA) is 47.3 Å². The van der Waals surface area contributed by atoms with Crippen molar-refractivity contribution in [2.75, 3.05) is 7.11 Å². The van der Waals surface area contributed by atoms with Gasteiger partial charge in [-0.3, -0.25) is 5.84 Å². The molecule has 1 atom stereocenters. The van der Waals surface area contributed by atoms with E-state index in [1.54, 1.807) is 7.11 Å². The van der Waals surface area contributed by atoms with Crippen LogP contribution in [0.25, 0.3) is 0 Å². The Labute approximate surface area is 128 Å². The third-order valence-corrected chi connectivity index (χ3v) is 4.12. The van der Waals surface area contributed by atoms with Crippen LogP contribution in [-0.4, -0.2) is 7.11 Å². The zero-order chi connectivity index (χ0) is 14.7.